The van der Waals surface area contributed by atoms with E-state index in [9.17, 15) is 0 Å². The summed E-state index contributed by atoms with van der Waals surface area (Å²) in [5.41, 5.74) is 1.78. The Bertz CT molecular complexity index is 396. The molecule has 1 aromatic carbocycles. The monoisotopic (exact) mass is 275 g/mol. The van der Waals surface area contributed by atoms with Gasteiger partial charge in [0.05, 0.1) is 9.99 Å². The fraction of sp³-hybridized carbons (Fsp3) is 0. The van der Waals surface area contributed by atoms with Gasteiger partial charge in [-0.05, 0) is 44.0 Å². The van der Waals surface area contributed by atoms with Crippen molar-refractivity contribution in [3.8, 4) is 0 Å². The van der Waals surface area contributed by atoms with Crippen molar-refractivity contribution in [1.29, 1.82) is 0 Å². The Kier molecular flexibility index (Phi) is 1.69. The predicted molar refractivity (Wildman–Crippen MR) is 49.3 cm³/mol. The molecule has 0 aliphatic heterocycles. The zero-order valence-electron chi connectivity index (χ0n) is 5.31. The third-order valence-electron chi connectivity index (χ3n) is 1.39. The van der Waals surface area contributed by atoms with Gasteiger partial charge in [-0.3, -0.25) is 5.10 Å². The molecule has 0 aliphatic carbocycles. The molecule has 0 saturated heterocycles. The first-order chi connectivity index (χ1) is 5.29. The Balaban J connectivity index is 2.93. The first-order valence-corrected chi connectivity index (χ1v) is 4.52. The number of nitrogens with zero attached hydrogens (tertiary/aromatic N) is 2. The molecule has 56 valence electrons. The highest BCUT2D eigenvalue weighted by atomic mass is 79.9. The minimum absolute atomic E-state index is 0.847. The summed E-state index contributed by atoms with van der Waals surface area (Å²) in [4.78, 5) is 0. The summed E-state index contributed by atoms with van der Waals surface area (Å²) >= 11 is 6.76. The number of aromatic nitrogens is 3. The third kappa shape index (κ3) is 1.08. The molecule has 3 nitrogen and oxygen atoms in total. The lowest BCUT2D eigenvalue weighted by Gasteiger charge is -1.93. The van der Waals surface area contributed by atoms with E-state index < -0.39 is 0 Å². The molecule has 0 bridgehead atoms. The van der Waals surface area contributed by atoms with Crippen molar-refractivity contribution in [2.24, 2.45) is 0 Å². The molecule has 2 aromatic rings. The predicted octanol–water partition coefficient (Wildman–Crippen LogP) is 2.48. The molecular formula is C6H3Br2N3. The summed E-state index contributed by atoms with van der Waals surface area (Å²) in [6.45, 7) is 0. The van der Waals surface area contributed by atoms with Crippen LogP contribution in [0.3, 0.4) is 0 Å². The van der Waals surface area contributed by atoms with E-state index in [1.807, 2.05) is 12.1 Å². The van der Waals surface area contributed by atoms with Crippen LogP contribution in [0, 0.1) is 0 Å². The van der Waals surface area contributed by atoms with E-state index in [4.69, 9.17) is 0 Å². The molecule has 11 heavy (non-hydrogen) atoms. The van der Waals surface area contributed by atoms with Crippen LogP contribution < -0.4 is 0 Å². The lowest BCUT2D eigenvalue weighted by Crippen LogP contribution is -1.73. The van der Waals surface area contributed by atoms with E-state index >= 15 is 0 Å². The average Bonchev–Trinajstić information content (AvgIpc) is 2.45. The van der Waals surface area contributed by atoms with Crippen molar-refractivity contribution in [3.05, 3.63) is 21.1 Å². The Labute approximate surface area is 79.4 Å². The van der Waals surface area contributed by atoms with Gasteiger partial charge in [0.2, 0.25) is 0 Å². The lowest BCUT2D eigenvalue weighted by molar-refractivity contribution is 0.959. The van der Waals surface area contributed by atoms with Gasteiger partial charge in [0.1, 0.15) is 5.52 Å². The second-order valence-corrected chi connectivity index (χ2v) is 3.72. The van der Waals surface area contributed by atoms with Gasteiger partial charge in [-0.1, -0.05) is 5.21 Å². The van der Waals surface area contributed by atoms with Crippen LogP contribution >= 0.6 is 31.9 Å². The molecule has 0 radical (unpaired) electrons. The topological polar surface area (TPSA) is 41.6 Å². The summed E-state index contributed by atoms with van der Waals surface area (Å²) in [5, 5.41) is 10.3. The van der Waals surface area contributed by atoms with Crippen LogP contribution in [0.15, 0.2) is 21.1 Å². The smallest absolute Gasteiger partial charge is 0.128 e. The number of rotatable bonds is 0. The van der Waals surface area contributed by atoms with Crippen LogP contribution in [0.5, 0.6) is 0 Å². The van der Waals surface area contributed by atoms with Crippen LogP contribution in [-0.4, -0.2) is 15.4 Å². The normalized spacial score (nSPS) is 10.7. The zero-order valence-corrected chi connectivity index (χ0v) is 8.48. The fourth-order valence-electron chi connectivity index (χ4n) is 0.857. The minimum Gasteiger partial charge on any atom is -0.258 e. The number of H-pyrrole nitrogens is 1. The molecule has 0 unspecified atom stereocenters. The van der Waals surface area contributed by atoms with Crippen molar-refractivity contribution in [3.63, 3.8) is 0 Å². The van der Waals surface area contributed by atoms with E-state index in [2.05, 4.69) is 47.3 Å². The van der Waals surface area contributed by atoms with Crippen molar-refractivity contribution in [2.75, 3.05) is 0 Å². The highest BCUT2D eigenvalue weighted by Gasteiger charge is 2.04. The molecule has 5 heteroatoms. The lowest BCUT2D eigenvalue weighted by atomic mass is 10.3. The highest BCUT2D eigenvalue weighted by molar-refractivity contribution is 9.13. The standard InChI is InChI=1S/C6H3Br2N3/c7-3-1-2-4-6(5(3)8)10-11-9-4/h1-2H,(H,9,10,11). The Morgan fingerprint density at radius 1 is 1.27 bits per heavy atom. The SMILES string of the molecule is Brc1ccc2[nH]nnc2c1Br. The maximum absolute atomic E-state index is 3.90. The summed E-state index contributed by atoms with van der Waals surface area (Å²) in [7, 11) is 0. The quantitative estimate of drug-likeness (QED) is 0.803. The minimum atomic E-state index is 0.847. The summed E-state index contributed by atoms with van der Waals surface area (Å²) in [5.74, 6) is 0. The molecule has 0 atom stereocenters. The molecule has 1 aromatic heterocycles. The van der Waals surface area contributed by atoms with Crippen LogP contribution in [0.2, 0.25) is 0 Å². The van der Waals surface area contributed by atoms with E-state index in [0.717, 1.165) is 20.0 Å². The molecule has 0 spiro atoms. The highest BCUT2D eigenvalue weighted by Crippen LogP contribution is 2.28. The number of aromatic amines is 1. The molecule has 0 amide bonds. The molecular weight excluding hydrogens is 274 g/mol. The number of benzene rings is 1. The van der Waals surface area contributed by atoms with Crippen LogP contribution in [0.4, 0.5) is 0 Å². The maximum Gasteiger partial charge on any atom is 0.128 e. The van der Waals surface area contributed by atoms with E-state index in [-0.39, 0.29) is 0 Å². The molecule has 1 heterocycles. The van der Waals surface area contributed by atoms with Gasteiger partial charge >= 0.3 is 0 Å². The summed E-state index contributed by atoms with van der Waals surface area (Å²) < 4.78 is 1.92. The van der Waals surface area contributed by atoms with Crippen molar-refractivity contribution in [2.45, 2.75) is 0 Å². The van der Waals surface area contributed by atoms with Gasteiger partial charge < -0.3 is 0 Å². The third-order valence-corrected chi connectivity index (χ3v) is 3.39. The Morgan fingerprint density at radius 2 is 2.09 bits per heavy atom. The Hall–Kier alpha value is -0.420. The average molecular weight is 277 g/mol. The van der Waals surface area contributed by atoms with Crippen LogP contribution in [0.25, 0.3) is 11.0 Å². The number of halogens is 2. The van der Waals surface area contributed by atoms with Gasteiger partial charge in [-0.15, -0.1) is 5.10 Å². The number of hydrogen-bond acceptors (Lipinski definition) is 2. The fourth-order valence-corrected chi connectivity index (χ4v) is 1.60. The number of hydrogen-bond donors (Lipinski definition) is 1. The molecule has 0 fully saturated rings. The second-order valence-electron chi connectivity index (χ2n) is 2.07. The molecule has 0 saturated carbocycles. The van der Waals surface area contributed by atoms with E-state index in [1.54, 1.807) is 0 Å². The maximum atomic E-state index is 3.90. The molecule has 1 N–H and O–H groups in total. The van der Waals surface area contributed by atoms with E-state index in [0.29, 0.717) is 0 Å². The number of nitrogens with one attached hydrogen (secondary N) is 1. The van der Waals surface area contributed by atoms with Gasteiger partial charge in [-0.2, -0.15) is 0 Å². The first-order valence-electron chi connectivity index (χ1n) is 2.94. The largest absolute Gasteiger partial charge is 0.258 e. The van der Waals surface area contributed by atoms with E-state index in [1.165, 1.54) is 0 Å². The van der Waals surface area contributed by atoms with Gasteiger partial charge in [0, 0.05) is 4.47 Å². The van der Waals surface area contributed by atoms with Crippen LogP contribution in [0.1, 0.15) is 0 Å². The first kappa shape index (κ1) is 7.24. The Morgan fingerprint density at radius 3 is 2.91 bits per heavy atom. The van der Waals surface area contributed by atoms with Crippen LogP contribution in [-0.2, 0) is 0 Å². The van der Waals surface area contributed by atoms with Gasteiger partial charge in [-0.25, -0.2) is 0 Å². The van der Waals surface area contributed by atoms with Crippen molar-refractivity contribution < 1.29 is 0 Å². The van der Waals surface area contributed by atoms with Crippen molar-refractivity contribution in [1.82, 2.24) is 15.4 Å². The molecule has 2 rings (SSSR count). The second kappa shape index (κ2) is 2.57. The molecule has 0 aliphatic rings. The van der Waals surface area contributed by atoms with Gasteiger partial charge in [0.25, 0.3) is 0 Å². The van der Waals surface area contributed by atoms with Crippen molar-refractivity contribution >= 4 is 42.9 Å². The zero-order chi connectivity index (χ0) is 7.84. The number of fused-ring (bicyclic) bond motifs is 1. The summed E-state index contributed by atoms with van der Waals surface area (Å²) in [6, 6.07) is 3.86. The summed E-state index contributed by atoms with van der Waals surface area (Å²) in [6.07, 6.45) is 0. The van der Waals surface area contributed by atoms with Gasteiger partial charge in [0.15, 0.2) is 0 Å².